The van der Waals surface area contributed by atoms with Crippen LogP contribution >= 0.6 is 0 Å². The Labute approximate surface area is 110 Å². The van der Waals surface area contributed by atoms with Crippen molar-refractivity contribution in [3.05, 3.63) is 35.9 Å². The number of benzene rings is 1. The molecule has 1 fully saturated rings. The first-order valence-corrected chi connectivity index (χ1v) is 6.93. The molecule has 1 saturated carbocycles. The van der Waals surface area contributed by atoms with Crippen molar-refractivity contribution >= 4 is 5.57 Å². The van der Waals surface area contributed by atoms with Crippen molar-refractivity contribution in [3.8, 4) is 5.75 Å². The van der Waals surface area contributed by atoms with E-state index in [2.05, 4.69) is 36.5 Å². The van der Waals surface area contributed by atoms with Crippen LogP contribution in [0.25, 0.3) is 5.57 Å². The van der Waals surface area contributed by atoms with Gasteiger partial charge in [-0.25, -0.2) is 0 Å². The minimum absolute atomic E-state index is 0.720. The maximum absolute atomic E-state index is 5.52. The minimum atomic E-state index is 0.720. The van der Waals surface area contributed by atoms with Gasteiger partial charge in [0, 0.05) is 6.04 Å². The molecule has 2 heteroatoms. The second kappa shape index (κ2) is 6.60. The molecule has 2 rings (SSSR count). The molecule has 1 aromatic rings. The molecule has 2 nitrogen and oxygen atoms in total. The van der Waals surface area contributed by atoms with Gasteiger partial charge in [-0.05, 0) is 62.9 Å². The summed E-state index contributed by atoms with van der Waals surface area (Å²) in [7, 11) is 0. The van der Waals surface area contributed by atoms with Crippen LogP contribution in [0.1, 0.15) is 38.7 Å². The molecule has 0 unspecified atom stereocenters. The molecule has 0 aliphatic heterocycles. The lowest BCUT2D eigenvalue weighted by Crippen LogP contribution is -2.16. The third-order valence-corrected chi connectivity index (χ3v) is 3.21. The Bertz CT molecular complexity index is 407. The zero-order valence-electron chi connectivity index (χ0n) is 11.4. The highest BCUT2D eigenvalue weighted by Crippen LogP contribution is 2.21. The second-order valence-corrected chi connectivity index (χ2v) is 4.87. The summed E-state index contributed by atoms with van der Waals surface area (Å²) in [6.07, 6.45) is 6.12. The number of hydrogen-bond acceptors (Lipinski definition) is 2. The number of nitrogens with one attached hydrogen (secondary N) is 1. The van der Waals surface area contributed by atoms with Gasteiger partial charge >= 0.3 is 0 Å². The van der Waals surface area contributed by atoms with Crippen LogP contribution < -0.4 is 10.1 Å². The second-order valence-electron chi connectivity index (χ2n) is 4.87. The third-order valence-electron chi connectivity index (χ3n) is 3.21. The molecule has 0 radical (unpaired) electrons. The van der Waals surface area contributed by atoms with E-state index in [1.807, 2.05) is 13.0 Å². The van der Waals surface area contributed by atoms with Crippen molar-refractivity contribution in [1.82, 2.24) is 5.32 Å². The summed E-state index contributed by atoms with van der Waals surface area (Å²) in [5.41, 5.74) is 2.58. The Balaban J connectivity index is 1.87. The van der Waals surface area contributed by atoms with Crippen LogP contribution in [0.4, 0.5) is 0 Å². The van der Waals surface area contributed by atoms with Gasteiger partial charge in [-0.1, -0.05) is 18.2 Å². The van der Waals surface area contributed by atoms with Gasteiger partial charge in [-0.15, -0.1) is 0 Å². The molecule has 0 spiro atoms. The average Bonchev–Trinajstić information content (AvgIpc) is 3.19. The molecule has 0 heterocycles. The predicted molar refractivity (Wildman–Crippen MR) is 76.9 cm³/mol. The average molecular weight is 245 g/mol. The monoisotopic (exact) mass is 245 g/mol. The van der Waals surface area contributed by atoms with E-state index in [1.165, 1.54) is 24.0 Å². The summed E-state index contributed by atoms with van der Waals surface area (Å²) >= 11 is 0. The fourth-order valence-corrected chi connectivity index (χ4v) is 1.98. The fraction of sp³-hybridized carbons (Fsp3) is 0.500. The van der Waals surface area contributed by atoms with E-state index in [0.29, 0.717) is 0 Å². The Morgan fingerprint density at radius 2 is 2.28 bits per heavy atom. The third kappa shape index (κ3) is 4.19. The maximum atomic E-state index is 5.52. The van der Waals surface area contributed by atoms with Crippen LogP contribution in [-0.4, -0.2) is 19.2 Å². The molecule has 1 aromatic carbocycles. The van der Waals surface area contributed by atoms with E-state index >= 15 is 0 Å². The lowest BCUT2D eigenvalue weighted by Gasteiger charge is -2.07. The smallest absolute Gasteiger partial charge is 0.119 e. The van der Waals surface area contributed by atoms with E-state index in [4.69, 9.17) is 4.74 Å². The van der Waals surface area contributed by atoms with Crippen LogP contribution in [0.5, 0.6) is 5.75 Å². The van der Waals surface area contributed by atoms with Crippen molar-refractivity contribution in [2.24, 2.45) is 0 Å². The first-order chi connectivity index (χ1) is 8.79. The van der Waals surface area contributed by atoms with Crippen molar-refractivity contribution in [3.63, 3.8) is 0 Å². The Hall–Kier alpha value is -1.28. The van der Waals surface area contributed by atoms with Gasteiger partial charge in [0.2, 0.25) is 0 Å². The van der Waals surface area contributed by atoms with Gasteiger partial charge in [0.05, 0.1) is 6.61 Å². The molecule has 1 aliphatic rings. The maximum Gasteiger partial charge on any atom is 0.119 e. The van der Waals surface area contributed by atoms with Crippen molar-refractivity contribution < 1.29 is 4.74 Å². The van der Waals surface area contributed by atoms with Gasteiger partial charge in [-0.3, -0.25) is 0 Å². The number of ether oxygens (including phenoxy) is 1. The molecule has 1 aliphatic carbocycles. The Morgan fingerprint density at radius 1 is 1.44 bits per heavy atom. The molecule has 0 aromatic heterocycles. The highest BCUT2D eigenvalue weighted by atomic mass is 16.5. The standard InChI is InChI=1S/C16H23NO/c1-3-18-16-8-4-7-14(12-16)13(2)6-5-11-17-15-9-10-15/h4,6-8,12,15,17H,3,5,9-11H2,1-2H3. The topological polar surface area (TPSA) is 21.3 Å². The van der Waals surface area contributed by atoms with Crippen LogP contribution in [-0.2, 0) is 0 Å². The normalized spacial score (nSPS) is 15.8. The molecular weight excluding hydrogens is 222 g/mol. The highest BCUT2D eigenvalue weighted by molar-refractivity contribution is 5.64. The molecule has 0 bridgehead atoms. The largest absolute Gasteiger partial charge is 0.494 e. The zero-order chi connectivity index (χ0) is 12.8. The van der Waals surface area contributed by atoms with Gasteiger partial charge in [0.15, 0.2) is 0 Å². The van der Waals surface area contributed by atoms with Crippen LogP contribution in [0.3, 0.4) is 0 Å². The Kier molecular flexibility index (Phi) is 4.82. The zero-order valence-corrected chi connectivity index (χ0v) is 11.4. The van der Waals surface area contributed by atoms with E-state index in [9.17, 15) is 0 Å². The minimum Gasteiger partial charge on any atom is -0.494 e. The summed E-state index contributed by atoms with van der Waals surface area (Å²) in [5, 5.41) is 3.53. The Morgan fingerprint density at radius 3 is 3.00 bits per heavy atom. The van der Waals surface area contributed by atoms with Gasteiger partial charge < -0.3 is 10.1 Å². The van der Waals surface area contributed by atoms with Crippen molar-refractivity contribution in [1.29, 1.82) is 0 Å². The molecule has 1 N–H and O–H groups in total. The van der Waals surface area contributed by atoms with E-state index in [-0.39, 0.29) is 0 Å². The van der Waals surface area contributed by atoms with Crippen LogP contribution in [0.2, 0.25) is 0 Å². The predicted octanol–water partition coefficient (Wildman–Crippen LogP) is 3.63. The van der Waals surface area contributed by atoms with Crippen LogP contribution in [0.15, 0.2) is 30.3 Å². The molecule has 18 heavy (non-hydrogen) atoms. The summed E-state index contributed by atoms with van der Waals surface area (Å²) in [6.45, 7) is 5.99. The highest BCUT2D eigenvalue weighted by Gasteiger charge is 2.19. The molecular formula is C16H23NO. The van der Waals surface area contributed by atoms with E-state index in [0.717, 1.165) is 31.4 Å². The first kappa shape index (κ1) is 13.2. The summed E-state index contributed by atoms with van der Waals surface area (Å²) in [6, 6.07) is 9.13. The van der Waals surface area contributed by atoms with Crippen molar-refractivity contribution in [2.75, 3.05) is 13.2 Å². The number of hydrogen-bond donors (Lipinski definition) is 1. The van der Waals surface area contributed by atoms with Crippen molar-refractivity contribution in [2.45, 2.75) is 39.2 Å². The lowest BCUT2D eigenvalue weighted by molar-refractivity contribution is 0.340. The summed E-state index contributed by atoms with van der Waals surface area (Å²) in [4.78, 5) is 0. The molecule has 0 saturated heterocycles. The SMILES string of the molecule is CCOc1cccc(C(C)=CCCNC2CC2)c1. The lowest BCUT2D eigenvalue weighted by atomic mass is 10.1. The summed E-state index contributed by atoms with van der Waals surface area (Å²) < 4.78 is 5.52. The number of rotatable bonds is 7. The molecule has 98 valence electrons. The fourth-order valence-electron chi connectivity index (χ4n) is 1.98. The molecule has 0 amide bonds. The summed E-state index contributed by atoms with van der Waals surface area (Å²) in [5.74, 6) is 0.957. The number of allylic oxidation sites excluding steroid dienone is 1. The van der Waals surface area contributed by atoms with Gasteiger partial charge in [0.25, 0.3) is 0 Å². The van der Waals surface area contributed by atoms with Gasteiger partial charge in [0.1, 0.15) is 5.75 Å². The van der Waals surface area contributed by atoms with Gasteiger partial charge in [-0.2, -0.15) is 0 Å². The van der Waals surface area contributed by atoms with E-state index in [1.54, 1.807) is 0 Å². The molecule has 0 atom stereocenters. The quantitative estimate of drug-likeness (QED) is 0.741. The first-order valence-electron chi connectivity index (χ1n) is 6.93. The van der Waals surface area contributed by atoms with Crippen LogP contribution in [0, 0.1) is 0 Å². The van der Waals surface area contributed by atoms with E-state index < -0.39 is 0 Å².